The van der Waals surface area contributed by atoms with E-state index in [1.165, 1.54) is 6.92 Å². The summed E-state index contributed by atoms with van der Waals surface area (Å²) in [5.74, 6) is -2.80. The minimum absolute atomic E-state index is 0.108. The molecular formula is C15H22F2N2O3S. The van der Waals surface area contributed by atoms with Crippen LogP contribution in [0.5, 0.6) is 0 Å². The zero-order chi connectivity index (χ0) is 18.0. The highest BCUT2D eigenvalue weighted by Gasteiger charge is 2.32. The van der Waals surface area contributed by atoms with Gasteiger partial charge in [0.05, 0.1) is 11.9 Å². The number of rotatable bonds is 6. The van der Waals surface area contributed by atoms with Gasteiger partial charge in [0.1, 0.15) is 6.04 Å². The lowest BCUT2D eigenvalue weighted by Crippen LogP contribution is -2.53. The predicted octanol–water partition coefficient (Wildman–Crippen LogP) is 2.42. The molecule has 0 heterocycles. The van der Waals surface area contributed by atoms with Gasteiger partial charge in [-0.1, -0.05) is 6.92 Å². The molecule has 0 saturated carbocycles. The number of benzene rings is 1. The van der Waals surface area contributed by atoms with Gasteiger partial charge >= 0.3 is 0 Å². The minimum atomic E-state index is -3.87. The van der Waals surface area contributed by atoms with E-state index in [9.17, 15) is 22.0 Å². The lowest BCUT2D eigenvalue weighted by molar-refractivity contribution is -0.123. The Labute approximate surface area is 135 Å². The first-order valence-electron chi connectivity index (χ1n) is 7.15. The summed E-state index contributed by atoms with van der Waals surface area (Å²) in [6, 6.07) is 1.59. The van der Waals surface area contributed by atoms with Crippen LogP contribution in [0.3, 0.4) is 0 Å². The number of halogens is 2. The minimum Gasteiger partial charge on any atom is -0.349 e. The van der Waals surface area contributed by atoms with Crippen molar-refractivity contribution in [3.8, 4) is 0 Å². The smallest absolute Gasteiger partial charge is 0.244 e. The number of hydrogen-bond donors (Lipinski definition) is 1. The van der Waals surface area contributed by atoms with Crippen molar-refractivity contribution in [3.05, 3.63) is 29.8 Å². The van der Waals surface area contributed by atoms with E-state index < -0.39 is 39.1 Å². The number of sulfonamides is 1. The summed E-state index contributed by atoms with van der Waals surface area (Å²) in [6.07, 6.45) is 1.55. The van der Waals surface area contributed by atoms with Gasteiger partial charge in [-0.05, 0) is 39.3 Å². The third kappa shape index (κ3) is 4.89. The molecule has 0 bridgehead atoms. The largest absolute Gasteiger partial charge is 0.349 e. The molecule has 0 unspecified atom stereocenters. The normalized spacial score (nSPS) is 13.5. The van der Waals surface area contributed by atoms with E-state index in [4.69, 9.17) is 0 Å². The van der Waals surface area contributed by atoms with Crippen LogP contribution in [0.2, 0.25) is 0 Å². The van der Waals surface area contributed by atoms with Gasteiger partial charge in [0.2, 0.25) is 15.9 Å². The molecule has 0 fully saturated rings. The topological polar surface area (TPSA) is 66.5 Å². The Hall–Kier alpha value is -1.70. The highest BCUT2D eigenvalue weighted by Crippen LogP contribution is 2.23. The van der Waals surface area contributed by atoms with Crippen molar-refractivity contribution in [2.75, 3.05) is 10.6 Å². The second-order valence-electron chi connectivity index (χ2n) is 6.06. The lowest BCUT2D eigenvalue weighted by atomic mass is 10.0. The predicted molar refractivity (Wildman–Crippen MR) is 85.7 cm³/mol. The Morgan fingerprint density at radius 3 is 2.30 bits per heavy atom. The van der Waals surface area contributed by atoms with Gasteiger partial charge in [-0.3, -0.25) is 9.10 Å². The quantitative estimate of drug-likeness (QED) is 0.859. The highest BCUT2D eigenvalue weighted by atomic mass is 32.2. The first kappa shape index (κ1) is 19.3. The van der Waals surface area contributed by atoms with Gasteiger partial charge in [0.15, 0.2) is 11.6 Å². The zero-order valence-corrected chi connectivity index (χ0v) is 14.7. The number of nitrogens with one attached hydrogen (secondary N) is 1. The summed E-state index contributed by atoms with van der Waals surface area (Å²) in [5.41, 5.74) is -0.619. The Morgan fingerprint density at radius 2 is 1.87 bits per heavy atom. The van der Waals surface area contributed by atoms with Gasteiger partial charge in [-0.2, -0.15) is 0 Å². The van der Waals surface area contributed by atoms with Crippen LogP contribution in [0.1, 0.15) is 34.1 Å². The van der Waals surface area contributed by atoms with E-state index in [0.29, 0.717) is 6.42 Å². The molecule has 1 atom stereocenters. The highest BCUT2D eigenvalue weighted by molar-refractivity contribution is 7.92. The average molecular weight is 348 g/mol. The van der Waals surface area contributed by atoms with Gasteiger partial charge in [0, 0.05) is 11.6 Å². The molecule has 1 aromatic carbocycles. The van der Waals surface area contributed by atoms with Crippen LogP contribution in [0.25, 0.3) is 0 Å². The Balaban J connectivity index is 3.22. The maximum absolute atomic E-state index is 13.4. The molecule has 0 aliphatic heterocycles. The number of amides is 1. The van der Waals surface area contributed by atoms with Gasteiger partial charge in [-0.15, -0.1) is 0 Å². The molecule has 0 aromatic heterocycles. The number of nitrogens with zero attached hydrogens (tertiary/aromatic N) is 1. The molecule has 0 saturated heterocycles. The standard InChI is InChI=1S/C15H22F2N2O3S/c1-6-15(3,4)18-14(20)10(2)19(23(5,21)22)11-7-8-12(16)13(17)9-11/h7-10H,6H2,1-5H3,(H,18,20)/t10-/m1/s1. The van der Waals surface area contributed by atoms with E-state index >= 15 is 0 Å². The Kier molecular flexibility index (Phi) is 5.74. The number of carbonyl (C=O) groups is 1. The average Bonchev–Trinajstić information content (AvgIpc) is 2.41. The molecule has 1 rings (SSSR count). The van der Waals surface area contributed by atoms with Crippen molar-refractivity contribution >= 4 is 21.6 Å². The van der Waals surface area contributed by atoms with Crippen LogP contribution in [-0.4, -0.2) is 32.2 Å². The van der Waals surface area contributed by atoms with Gasteiger partial charge < -0.3 is 5.32 Å². The third-order valence-electron chi connectivity index (χ3n) is 3.59. The van der Waals surface area contributed by atoms with Crippen LogP contribution in [-0.2, 0) is 14.8 Å². The lowest BCUT2D eigenvalue weighted by Gasteiger charge is -2.32. The van der Waals surface area contributed by atoms with Crippen molar-refractivity contribution < 1.29 is 22.0 Å². The van der Waals surface area contributed by atoms with Crippen molar-refractivity contribution in [1.82, 2.24) is 5.32 Å². The fourth-order valence-corrected chi connectivity index (χ4v) is 3.12. The molecule has 8 heteroatoms. The Morgan fingerprint density at radius 1 is 1.30 bits per heavy atom. The number of carbonyl (C=O) groups excluding carboxylic acids is 1. The van der Waals surface area contributed by atoms with E-state index in [2.05, 4.69) is 5.32 Å². The van der Waals surface area contributed by atoms with Crippen molar-refractivity contribution in [3.63, 3.8) is 0 Å². The number of anilines is 1. The fourth-order valence-electron chi connectivity index (χ4n) is 1.96. The summed E-state index contributed by atoms with van der Waals surface area (Å²) in [5, 5.41) is 2.74. The van der Waals surface area contributed by atoms with Crippen LogP contribution >= 0.6 is 0 Å². The van der Waals surface area contributed by atoms with E-state index in [0.717, 1.165) is 28.8 Å². The SMILES string of the molecule is CCC(C)(C)NC(=O)[C@@H](C)N(c1ccc(F)c(F)c1)S(C)(=O)=O. The maximum Gasteiger partial charge on any atom is 0.244 e. The van der Waals surface area contributed by atoms with Crippen molar-refractivity contribution in [1.29, 1.82) is 0 Å². The van der Waals surface area contributed by atoms with Crippen molar-refractivity contribution in [2.24, 2.45) is 0 Å². The monoisotopic (exact) mass is 348 g/mol. The Bertz CT molecular complexity index is 690. The molecule has 1 amide bonds. The third-order valence-corrected chi connectivity index (χ3v) is 4.83. The van der Waals surface area contributed by atoms with Crippen molar-refractivity contribution in [2.45, 2.75) is 45.7 Å². The fraction of sp³-hybridized carbons (Fsp3) is 0.533. The van der Waals surface area contributed by atoms with Crippen LogP contribution in [0.4, 0.5) is 14.5 Å². The molecule has 1 aromatic rings. The van der Waals surface area contributed by atoms with E-state index in [-0.39, 0.29) is 5.69 Å². The van der Waals surface area contributed by atoms with Gasteiger partial charge in [-0.25, -0.2) is 17.2 Å². The molecule has 130 valence electrons. The molecule has 0 spiro atoms. The molecule has 0 aliphatic carbocycles. The van der Waals surface area contributed by atoms with Crippen LogP contribution in [0, 0.1) is 11.6 Å². The first-order chi connectivity index (χ1) is 10.4. The second-order valence-corrected chi connectivity index (χ2v) is 7.92. The van der Waals surface area contributed by atoms with E-state index in [1.54, 1.807) is 13.8 Å². The van der Waals surface area contributed by atoms with E-state index in [1.807, 2.05) is 6.92 Å². The summed E-state index contributed by atoms with van der Waals surface area (Å²) in [6.45, 7) is 6.89. The molecule has 1 N–H and O–H groups in total. The van der Waals surface area contributed by atoms with Crippen LogP contribution < -0.4 is 9.62 Å². The van der Waals surface area contributed by atoms with Gasteiger partial charge in [0.25, 0.3) is 0 Å². The maximum atomic E-state index is 13.4. The molecule has 0 radical (unpaired) electrons. The summed E-state index contributed by atoms with van der Waals surface area (Å²) in [7, 11) is -3.87. The molecule has 5 nitrogen and oxygen atoms in total. The summed E-state index contributed by atoms with van der Waals surface area (Å²) < 4.78 is 51.3. The molecule has 0 aliphatic rings. The van der Waals surface area contributed by atoms with Crippen LogP contribution in [0.15, 0.2) is 18.2 Å². The first-order valence-corrected chi connectivity index (χ1v) is 9.00. The zero-order valence-electron chi connectivity index (χ0n) is 13.9. The summed E-state index contributed by atoms with van der Waals surface area (Å²) >= 11 is 0. The molecular weight excluding hydrogens is 326 g/mol. The second kappa shape index (κ2) is 6.82. The number of hydrogen-bond acceptors (Lipinski definition) is 3. The summed E-state index contributed by atoms with van der Waals surface area (Å²) in [4.78, 5) is 12.3. The molecule has 23 heavy (non-hydrogen) atoms.